The van der Waals surface area contributed by atoms with Crippen molar-refractivity contribution in [1.29, 1.82) is 0 Å². The normalized spacial score (nSPS) is 12.2. The lowest BCUT2D eigenvalue weighted by molar-refractivity contribution is 0.0747. The van der Waals surface area contributed by atoms with Gasteiger partial charge in [-0.05, 0) is 31.5 Å². The Morgan fingerprint density at radius 1 is 1.37 bits per heavy atom. The van der Waals surface area contributed by atoms with Crippen molar-refractivity contribution in [3.63, 3.8) is 0 Å². The number of aromatic hydroxyl groups is 1. The van der Waals surface area contributed by atoms with E-state index in [4.69, 9.17) is 0 Å². The van der Waals surface area contributed by atoms with E-state index in [2.05, 4.69) is 4.98 Å². The highest BCUT2D eigenvalue weighted by Crippen LogP contribution is 2.24. The summed E-state index contributed by atoms with van der Waals surface area (Å²) in [5.41, 5.74) is 0.981. The predicted molar refractivity (Wildman–Crippen MR) is 75.5 cm³/mol. The van der Waals surface area contributed by atoms with E-state index in [0.29, 0.717) is 4.88 Å². The molecule has 0 aliphatic heterocycles. The third kappa shape index (κ3) is 2.93. The first-order chi connectivity index (χ1) is 8.99. The molecule has 19 heavy (non-hydrogen) atoms. The number of carbonyl (C=O) groups is 1. The van der Waals surface area contributed by atoms with Gasteiger partial charge < -0.3 is 10.0 Å². The lowest BCUT2D eigenvalue weighted by atomic mass is 10.1. The molecule has 0 saturated carbocycles. The average Bonchev–Trinajstić information content (AvgIpc) is 2.84. The molecule has 1 aromatic carbocycles. The van der Waals surface area contributed by atoms with Crippen molar-refractivity contribution in [2.45, 2.75) is 19.9 Å². The summed E-state index contributed by atoms with van der Waals surface area (Å²) in [6.45, 7) is 3.84. The third-order valence-electron chi connectivity index (χ3n) is 3.11. The number of hydrogen-bond acceptors (Lipinski definition) is 4. The first kappa shape index (κ1) is 13.5. The molecule has 4 nitrogen and oxygen atoms in total. The van der Waals surface area contributed by atoms with E-state index in [1.54, 1.807) is 30.3 Å². The molecule has 1 atom stereocenters. The van der Waals surface area contributed by atoms with Crippen molar-refractivity contribution in [2.24, 2.45) is 0 Å². The van der Waals surface area contributed by atoms with Gasteiger partial charge >= 0.3 is 0 Å². The molecule has 0 fully saturated rings. The highest BCUT2D eigenvalue weighted by molar-refractivity contribution is 7.13. The van der Waals surface area contributed by atoms with Crippen molar-refractivity contribution < 1.29 is 9.90 Å². The van der Waals surface area contributed by atoms with Crippen molar-refractivity contribution in [1.82, 2.24) is 9.88 Å². The van der Waals surface area contributed by atoms with Gasteiger partial charge in [0, 0.05) is 7.05 Å². The predicted octanol–water partition coefficient (Wildman–Crippen LogP) is 2.99. The van der Waals surface area contributed by atoms with Crippen LogP contribution in [0.15, 0.2) is 30.5 Å². The van der Waals surface area contributed by atoms with E-state index >= 15 is 0 Å². The third-order valence-corrected chi connectivity index (χ3v) is 4.01. The number of hydrogen-bond donors (Lipinski definition) is 1. The molecule has 5 heteroatoms. The Hall–Kier alpha value is -1.88. The molecule has 0 bridgehead atoms. The second-order valence-corrected chi connectivity index (χ2v) is 5.66. The highest BCUT2D eigenvalue weighted by Gasteiger charge is 2.20. The topological polar surface area (TPSA) is 53.4 Å². The summed E-state index contributed by atoms with van der Waals surface area (Å²) in [7, 11) is 1.77. The maximum Gasteiger partial charge on any atom is 0.265 e. The zero-order valence-corrected chi connectivity index (χ0v) is 11.9. The number of aromatic nitrogens is 1. The molecule has 0 aliphatic carbocycles. The fraction of sp³-hybridized carbons (Fsp3) is 0.286. The Bertz CT molecular complexity index is 577. The lowest BCUT2D eigenvalue weighted by Crippen LogP contribution is -2.29. The zero-order chi connectivity index (χ0) is 14.0. The number of carbonyl (C=O) groups excluding carboxylic acids is 1. The summed E-state index contributed by atoms with van der Waals surface area (Å²) >= 11 is 1.40. The SMILES string of the molecule is Cc1ncc(C(=O)N(C)C(C)c2ccc(O)cc2)s1. The van der Waals surface area contributed by atoms with Crippen molar-refractivity contribution in [2.75, 3.05) is 7.05 Å². The van der Waals surface area contributed by atoms with Crippen LogP contribution in [0.4, 0.5) is 0 Å². The maximum atomic E-state index is 12.3. The van der Waals surface area contributed by atoms with Gasteiger partial charge in [-0.1, -0.05) is 12.1 Å². The van der Waals surface area contributed by atoms with Gasteiger partial charge in [-0.15, -0.1) is 11.3 Å². The molecule has 1 heterocycles. The van der Waals surface area contributed by atoms with E-state index in [-0.39, 0.29) is 17.7 Å². The van der Waals surface area contributed by atoms with Gasteiger partial charge in [0.2, 0.25) is 0 Å². The summed E-state index contributed by atoms with van der Waals surface area (Å²) in [5.74, 6) is 0.189. The van der Waals surface area contributed by atoms with Crippen LogP contribution in [0.2, 0.25) is 0 Å². The van der Waals surface area contributed by atoms with Crippen LogP contribution >= 0.6 is 11.3 Å². The fourth-order valence-corrected chi connectivity index (χ4v) is 2.55. The lowest BCUT2D eigenvalue weighted by Gasteiger charge is -2.24. The van der Waals surface area contributed by atoms with Gasteiger partial charge in [0.15, 0.2) is 0 Å². The number of phenolic OH excluding ortho intramolecular Hbond substituents is 1. The number of aryl methyl sites for hydroxylation is 1. The van der Waals surface area contributed by atoms with Crippen LogP contribution in [0, 0.1) is 6.92 Å². The van der Waals surface area contributed by atoms with Crippen LogP contribution in [-0.4, -0.2) is 27.9 Å². The number of nitrogens with zero attached hydrogens (tertiary/aromatic N) is 2. The number of rotatable bonds is 3. The van der Waals surface area contributed by atoms with Crippen molar-refractivity contribution in [3.05, 3.63) is 45.9 Å². The van der Waals surface area contributed by atoms with Crippen molar-refractivity contribution >= 4 is 17.2 Å². The van der Waals surface area contributed by atoms with Crippen LogP contribution in [0.3, 0.4) is 0 Å². The quantitative estimate of drug-likeness (QED) is 0.937. The van der Waals surface area contributed by atoms with Gasteiger partial charge in [0.1, 0.15) is 10.6 Å². The van der Waals surface area contributed by atoms with E-state index in [0.717, 1.165) is 10.6 Å². The Labute approximate surface area is 116 Å². The van der Waals surface area contributed by atoms with Crippen LogP contribution in [-0.2, 0) is 0 Å². The molecule has 1 unspecified atom stereocenters. The summed E-state index contributed by atoms with van der Waals surface area (Å²) in [6.07, 6.45) is 1.61. The molecule has 0 radical (unpaired) electrons. The van der Waals surface area contributed by atoms with Gasteiger partial charge in [-0.2, -0.15) is 0 Å². The number of thiazole rings is 1. The number of amides is 1. The van der Waals surface area contributed by atoms with E-state index in [1.165, 1.54) is 11.3 Å². The summed E-state index contributed by atoms with van der Waals surface area (Å²) in [5, 5.41) is 10.2. The molecule has 0 aliphatic rings. The van der Waals surface area contributed by atoms with Gasteiger partial charge in [-0.3, -0.25) is 4.79 Å². The van der Waals surface area contributed by atoms with Gasteiger partial charge in [-0.25, -0.2) is 4.98 Å². The molecule has 1 amide bonds. The minimum Gasteiger partial charge on any atom is -0.508 e. The smallest absolute Gasteiger partial charge is 0.265 e. The Morgan fingerprint density at radius 2 is 2.00 bits per heavy atom. The Morgan fingerprint density at radius 3 is 2.53 bits per heavy atom. The minimum atomic E-state index is -0.0597. The number of phenols is 1. The van der Waals surface area contributed by atoms with Gasteiger partial charge in [0.05, 0.1) is 17.2 Å². The zero-order valence-electron chi connectivity index (χ0n) is 11.1. The molecule has 1 N–H and O–H groups in total. The summed E-state index contributed by atoms with van der Waals surface area (Å²) in [6, 6.07) is 6.83. The molecule has 100 valence electrons. The minimum absolute atomic E-state index is 0.0359. The average molecular weight is 276 g/mol. The fourth-order valence-electron chi connectivity index (χ4n) is 1.79. The van der Waals surface area contributed by atoms with E-state index in [9.17, 15) is 9.90 Å². The summed E-state index contributed by atoms with van der Waals surface area (Å²) in [4.78, 5) is 18.7. The highest BCUT2D eigenvalue weighted by atomic mass is 32.1. The molecule has 1 aromatic heterocycles. The standard InChI is InChI=1S/C14H16N2O2S/c1-9(11-4-6-12(17)7-5-11)16(3)14(18)13-8-15-10(2)19-13/h4-9,17H,1-3H3. The Kier molecular flexibility index (Phi) is 3.85. The second kappa shape index (κ2) is 5.40. The number of benzene rings is 1. The molecule has 2 rings (SSSR count). The van der Waals surface area contributed by atoms with Crippen LogP contribution < -0.4 is 0 Å². The van der Waals surface area contributed by atoms with Crippen LogP contribution in [0.5, 0.6) is 5.75 Å². The largest absolute Gasteiger partial charge is 0.508 e. The molecular formula is C14H16N2O2S. The van der Waals surface area contributed by atoms with Crippen LogP contribution in [0.25, 0.3) is 0 Å². The van der Waals surface area contributed by atoms with E-state index < -0.39 is 0 Å². The van der Waals surface area contributed by atoms with Crippen LogP contribution in [0.1, 0.15) is 33.2 Å². The molecule has 0 spiro atoms. The summed E-state index contributed by atoms with van der Waals surface area (Å²) < 4.78 is 0. The molecular weight excluding hydrogens is 260 g/mol. The molecule has 2 aromatic rings. The maximum absolute atomic E-state index is 12.3. The van der Waals surface area contributed by atoms with Crippen molar-refractivity contribution in [3.8, 4) is 5.75 Å². The molecule has 0 saturated heterocycles. The first-order valence-electron chi connectivity index (χ1n) is 5.97. The first-order valence-corrected chi connectivity index (χ1v) is 6.79. The Balaban J connectivity index is 2.16. The van der Waals surface area contributed by atoms with Gasteiger partial charge in [0.25, 0.3) is 5.91 Å². The monoisotopic (exact) mass is 276 g/mol. The second-order valence-electron chi connectivity index (χ2n) is 4.43. The van der Waals surface area contributed by atoms with E-state index in [1.807, 2.05) is 26.0 Å².